The Hall–Kier alpha value is -2.26. The van der Waals surface area contributed by atoms with Gasteiger partial charge in [0, 0.05) is 27.3 Å². The van der Waals surface area contributed by atoms with Crippen molar-refractivity contribution in [2.75, 3.05) is 32.6 Å². The van der Waals surface area contributed by atoms with E-state index in [4.69, 9.17) is 14.2 Å². The van der Waals surface area contributed by atoms with Crippen LogP contribution < -0.4 is 14.8 Å². The number of para-hydroxylation sites is 2. The van der Waals surface area contributed by atoms with E-state index in [-0.39, 0.29) is 17.8 Å². The van der Waals surface area contributed by atoms with E-state index in [0.29, 0.717) is 36.5 Å². The molecule has 0 fully saturated rings. The predicted molar refractivity (Wildman–Crippen MR) is 96.5 cm³/mol. The first-order valence-electron chi connectivity index (χ1n) is 8.35. The van der Waals surface area contributed by atoms with Gasteiger partial charge in [-0.2, -0.15) is 0 Å². The molecule has 1 atom stereocenters. The topological polar surface area (TPSA) is 87.5 Å². The fraction of sp³-hybridized carbons (Fsp3) is 0.471. The second-order valence-electron chi connectivity index (χ2n) is 5.75. The van der Waals surface area contributed by atoms with Gasteiger partial charge in [-0.25, -0.2) is 0 Å². The molecule has 0 bridgehead atoms. The summed E-state index contributed by atoms with van der Waals surface area (Å²) in [4.78, 5) is 11.9. The molecule has 0 saturated heterocycles. The van der Waals surface area contributed by atoms with Crippen molar-refractivity contribution < 1.29 is 19.0 Å². The molecule has 8 nitrogen and oxygen atoms in total. The Bertz CT molecular complexity index is 752. The number of rotatable bonds is 8. The van der Waals surface area contributed by atoms with Crippen LogP contribution in [0.3, 0.4) is 0 Å². The number of nitrogens with one attached hydrogen (secondary N) is 1. The molecule has 1 aromatic carbocycles. The molecule has 0 unspecified atom stereocenters. The normalized spacial score (nSPS) is 15.7. The maximum Gasteiger partial charge on any atom is 0.230 e. The number of benzene rings is 1. The zero-order chi connectivity index (χ0) is 18.4. The fourth-order valence-electron chi connectivity index (χ4n) is 2.50. The fourth-order valence-corrected chi connectivity index (χ4v) is 3.25. The van der Waals surface area contributed by atoms with Crippen molar-refractivity contribution in [1.82, 2.24) is 20.1 Å². The van der Waals surface area contributed by atoms with Gasteiger partial charge in [0.05, 0.1) is 5.75 Å². The number of thioether (sulfide) groups is 1. The van der Waals surface area contributed by atoms with E-state index < -0.39 is 0 Å². The molecule has 3 rings (SSSR count). The molecular formula is C17H22N4O4S. The summed E-state index contributed by atoms with van der Waals surface area (Å²) >= 11 is 1.34. The Balaban J connectivity index is 1.54. The first kappa shape index (κ1) is 18.5. The highest BCUT2D eigenvalue weighted by Gasteiger charge is 2.27. The summed E-state index contributed by atoms with van der Waals surface area (Å²) in [6, 6.07) is 7.53. The van der Waals surface area contributed by atoms with Crippen molar-refractivity contribution >= 4 is 17.7 Å². The second kappa shape index (κ2) is 8.91. The minimum atomic E-state index is -0.334. The van der Waals surface area contributed by atoms with Crippen LogP contribution in [0.2, 0.25) is 0 Å². The Kier molecular flexibility index (Phi) is 6.35. The number of fused-ring (bicyclic) bond motifs is 1. The quantitative estimate of drug-likeness (QED) is 0.551. The largest absolute Gasteiger partial charge is 0.485 e. The van der Waals surface area contributed by atoms with Gasteiger partial charge in [-0.05, 0) is 18.6 Å². The molecule has 2 heterocycles. The summed E-state index contributed by atoms with van der Waals surface area (Å²) in [6.45, 7) is 1.60. The van der Waals surface area contributed by atoms with E-state index in [1.807, 2.05) is 35.9 Å². The number of hydrogen-bond donors (Lipinski definition) is 1. The monoisotopic (exact) mass is 378 g/mol. The minimum Gasteiger partial charge on any atom is -0.485 e. The second-order valence-corrected chi connectivity index (χ2v) is 6.69. The smallest absolute Gasteiger partial charge is 0.230 e. The highest BCUT2D eigenvalue weighted by atomic mass is 32.2. The first-order chi connectivity index (χ1) is 12.7. The van der Waals surface area contributed by atoms with Crippen LogP contribution in [0.15, 0.2) is 29.4 Å². The van der Waals surface area contributed by atoms with Crippen molar-refractivity contribution in [2.24, 2.45) is 7.05 Å². The van der Waals surface area contributed by atoms with E-state index in [9.17, 15) is 4.79 Å². The predicted octanol–water partition coefficient (Wildman–Crippen LogP) is 1.57. The summed E-state index contributed by atoms with van der Waals surface area (Å²) in [5.41, 5.74) is 0. The molecule has 1 aliphatic rings. The lowest BCUT2D eigenvalue weighted by Gasteiger charge is -2.25. The molecule has 2 aromatic rings. The number of nitrogens with zero attached hydrogens (tertiary/aromatic N) is 3. The number of carbonyl (C=O) groups excluding carboxylic acids is 1. The van der Waals surface area contributed by atoms with E-state index >= 15 is 0 Å². The molecule has 26 heavy (non-hydrogen) atoms. The van der Waals surface area contributed by atoms with E-state index in [2.05, 4.69) is 15.5 Å². The van der Waals surface area contributed by atoms with Gasteiger partial charge < -0.3 is 24.1 Å². The Labute approximate surface area is 156 Å². The third-order valence-corrected chi connectivity index (χ3v) is 4.87. The SMILES string of the molecule is COCCCNC(=O)CSc1nnc([C@@H]2COc3ccccc3O2)n1C. The van der Waals surface area contributed by atoms with Crippen molar-refractivity contribution in [3.8, 4) is 11.5 Å². The summed E-state index contributed by atoms with van der Waals surface area (Å²) < 4.78 is 18.5. The van der Waals surface area contributed by atoms with Gasteiger partial charge in [0.2, 0.25) is 5.91 Å². The lowest BCUT2D eigenvalue weighted by Crippen LogP contribution is -2.27. The van der Waals surface area contributed by atoms with Gasteiger partial charge in [-0.1, -0.05) is 23.9 Å². The number of ether oxygens (including phenoxy) is 3. The maximum absolute atomic E-state index is 11.9. The van der Waals surface area contributed by atoms with Crippen LogP contribution in [0.1, 0.15) is 18.3 Å². The Morgan fingerprint density at radius 1 is 1.38 bits per heavy atom. The van der Waals surface area contributed by atoms with E-state index in [1.165, 1.54) is 11.8 Å². The molecule has 1 aliphatic heterocycles. The summed E-state index contributed by atoms with van der Waals surface area (Å²) in [5, 5.41) is 11.9. The Morgan fingerprint density at radius 2 is 2.19 bits per heavy atom. The summed E-state index contributed by atoms with van der Waals surface area (Å²) in [6.07, 6.45) is 0.459. The average molecular weight is 378 g/mol. The third kappa shape index (κ3) is 4.47. The number of carbonyl (C=O) groups is 1. The number of amides is 1. The molecule has 0 aliphatic carbocycles. The van der Waals surface area contributed by atoms with Crippen LogP contribution in [0.25, 0.3) is 0 Å². The van der Waals surface area contributed by atoms with Crippen LogP contribution >= 0.6 is 11.8 Å². The van der Waals surface area contributed by atoms with Gasteiger partial charge in [-0.3, -0.25) is 4.79 Å². The van der Waals surface area contributed by atoms with Gasteiger partial charge >= 0.3 is 0 Å². The highest BCUT2D eigenvalue weighted by molar-refractivity contribution is 7.99. The molecule has 0 radical (unpaired) electrons. The molecule has 1 amide bonds. The molecule has 9 heteroatoms. The molecule has 140 valence electrons. The lowest BCUT2D eigenvalue weighted by molar-refractivity contribution is -0.118. The first-order valence-corrected chi connectivity index (χ1v) is 9.34. The molecule has 0 saturated carbocycles. The zero-order valence-electron chi connectivity index (χ0n) is 14.8. The van der Waals surface area contributed by atoms with Gasteiger partial charge in [-0.15, -0.1) is 10.2 Å². The van der Waals surface area contributed by atoms with E-state index in [0.717, 1.165) is 12.2 Å². The van der Waals surface area contributed by atoms with Crippen molar-refractivity contribution in [3.63, 3.8) is 0 Å². The highest BCUT2D eigenvalue weighted by Crippen LogP contribution is 2.35. The summed E-state index contributed by atoms with van der Waals surface area (Å²) in [7, 11) is 3.50. The van der Waals surface area contributed by atoms with Crippen LogP contribution in [0, 0.1) is 0 Å². The van der Waals surface area contributed by atoms with Crippen LogP contribution in [0.5, 0.6) is 11.5 Å². The lowest BCUT2D eigenvalue weighted by atomic mass is 10.2. The molecule has 1 aromatic heterocycles. The maximum atomic E-state index is 11.9. The van der Waals surface area contributed by atoms with Crippen LogP contribution in [-0.2, 0) is 16.6 Å². The molecule has 0 spiro atoms. The standard InChI is InChI=1S/C17H22N4O4S/c1-21-16(14-10-24-12-6-3-4-7-13(12)25-14)19-20-17(21)26-11-15(22)18-8-5-9-23-2/h3-4,6-7,14H,5,8-11H2,1-2H3,(H,18,22)/t14-/m0/s1. The molecular weight excluding hydrogens is 356 g/mol. The van der Waals surface area contributed by atoms with Crippen LogP contribution in [-0.4, -0.2) is 53.3 Å². The Morgan fingerprint density at radius 3 is 3.00 bits per heavy atom. The van der Waals surface area contributed by atoms with E-state index in [1.54, 1.807) is 7.11 Å². The van der Waals surface area contributed by atoms with Gasteiger partial charge in [0.15, 0.2) is 28.6 Å². The number of hydrogen-bond acceptors (Lipinski definition) is 7. The zero-order valence-corrected chi connectivity index (χ0v) is 15.6. The molecule has 1 N–H and O–H groups in total. The number of methoxy groups -OCH3 is 1. The average Bonchev–Trinajstić information content (AvgIpc) is 3.03. The summed E-state index contributed by atoms with van der Waals surface area (Å²) in [5.74, 6) is 2.33. The van der Waals surface area contributed by atoms with Crippen LogP contribution in [0.4, 0.5) is 0 Å². The van der Waals surface area contributed by atoms with Crippen molar-refractivity contribution in [3.05, 3.63) is 30.1 Å². The van der Waals surface area contributed by atoms with Crippen molar-refractivity contribution in [1.29, 1.82) is 0 Å². The number of aromatic nitrogens is 3. The third-order valence-electron chi connectivity index (χ3n) is 3.84. The van der Waals surface area contributed by atoms with Crippen molar-refractivity contribution in [2.45, 2.75) is 17.7 Å². The minimum absolute atomic E-state index is 0.0400. The van der Waals surface area contributed by atoms with Gasteiger partial charge in [0.1, 0.15) is 6.61 Å². The van der Waals surface area contributed by atoms with Gasteiger partial charge in [0.25, 0.3) is 0 Å².